The Kier molecular flexibility index (Phi) is 8.94. The molecule has 0 N–H and O–H groups in total. The minimum absolute atomic E-state index is 0.174. The maximum atomic E-state index is 10.8. The van der Waals surface area contributed by atoms with Crippen LogP contribution < -0.4 is 19.6 Å². The maximum Gasteiger partial charge on any atom is 0.0144 e. The molecule has 6 nitrogen and oxygen atoms in total. The standard InChI is InChI=1S/C13H26O6P2/c1-11(2)7-6-9-12(3)8-4-5-10-13(20(14,15)16)21(17,18)19/h7-8,13H,4-6,9-10H2,1-3H3,(H2,14,15,16)(H2,17,18,19)/p-4/b12-8+. The molecule has 0 aliphatic carbocycles. The fourth-order valence-corrected chi connectivity index (χ4v) is 4.21. The summed E-state index contributed by atoms with van der Waals surface area (Å²) >= 11 is 0. The van der Waals surface area contributed by atoms with Gasteiger partial charge in [0.05, 0.1) is 0 Å². The third-order valence-electron chi connectivity index (χ3n) is 2.98. The van der Waals surface area contributed by atoms with Crippen LogP contribution in [0.5, 0.6) is 0 Å². The van der Waals surface area contributed by atoms with Crippen LogP contribution in [0.4, 0.5) is 0 Å². The van der Waals surface area contributed by atoms with Gasteiger partial charge in [0.1, 0.15) is 0 Å². The van der Waals surface area contributed by atoms with E-state index in [2.05, 4.69) is 6.08 Å². The van der Waals surface area contributed by atoms with E-state index in [-0.39, 0.29) is 6.42 Å². The molecule has 8 heteroatoms. The average molecular weight is 336 g/mol. The second kappa shape index (κ2) is 9.04. The van der Waals surface area contributed by atoms with Crippen LogP contribution in [0.25, 0.3) is 0 Å². The zero-order valence-corrected chi connectivity index (χ0v) is 14.4. The summed E-state index contributed by atoms with van der Waals surface area (Å²) in [7, 11) is -10.8. The van der Waals surface area contributed by atoms with E-state index < -0.39 is 27.0 Å². The van der Waals surface area contributed by atoms with Gasteiger partial charge in [0.2, 0.25) is 0 Å². The van der Waals surface area contributed by atoms with Gasteiger partial charge in [-0.25, -0.2) is 0 Å². The van der Waals surface area contributed by atoms with E-state index in [0.29, 0.717) is 6.42 Å². The van der Waals surface area contributed by atoms with E-state index >= 15 is 0 Å². The van der Waals surface area contributed by atoms with E-state index in [1.54, 1.807) is 0 Å². The Morgan fingerprint density at radius 2 is 1.48 bits per heavy atom. The summed E-state index contributed by atoms with van der Waals surface area (Å²) in [6.45, 7) is 5.94. The molecule has 0 aliphatic heterocycles. The van der Waals surface area contributed by atoms with Gasteiger partial charge in [-0.2, -0.15) is 0 Å². The van der Waals surface area contributed by atoms with Crippen molar-refractivity contribution in [1.29, 1.82) is 0 Å². The minimum Gasteiger partial charge on any atom is -0.810 e. The highest BCUT2D eigenvalue weighted by atomic mass is 31.2. The molecule has 0 fully saturated rings. The predicted molar refractivity (Wildman–Crippen MR) is 75.3 cm³/mol. The monoisotopic (exact) mass is 336 g/mol. The molecule has 0 aromatic carbocycles. The van der Waals surface area contributed by atoms with Crippen molar-refractivity contribution < 1.29 is 28.7 Å². The van der Waals surface area contributed by atoms with Gasteiger partial charge in [-0.05, 0) is 52.9 Å². The van der Waals surface area contributed by atoms with Crippen molar-refractivity contribution in [3.8, 4) is 0 Å². The van der Waals surface area contributed by atoms with Gasteiger partial charge >= 0.3 is 0 Å². The first kappa shape index (κ1) is 20.8. The van der Waals surface area contributed by atoms with Crippen molar-refractivity contribution in [3.63, 3.8) is 0 Å². The second-order valence-electron chi connectivity index (χ2n) is 5.36. The van der Waals surface area contributed by atoms with Gasteiger partial charge in [-0.1, -0.05) is 38.5 Å². The lowest BCUT2D eigenvalue weighted by molar-refractivity contribution is -0.330. The third kappa shape index (κ3) is 10.2. The molecular formula is C13H22O6P2-4. The van der Waals surface area contributed by atoms with E-state index in [1.165, 1.54) is 5.57 Å². The highest BCUT2D eigenvalue weighted by molar-refractivity contribution is 7.68. The van der Waals surface area contributed by atoms with Crippen LogP contribution in [0.3, 0.4) is 0 Å². The van der Waals surface area contributed by atoms with E-state index in [4.69, 9.17) is 0 Å². The Balaban J connectivity index is 4.32. The van der Waals surface area contributed by atoms with E-state index in [0.717, 1.165) is 18.4 Å². The Bertz CT molecular complexity index is 445. The van der Waals surface area contributed by atoms with Crippen molar-refractivity contribution in [2.24, 2.45) is 0 Å². The molecule has 0 bridgehead atoms. The summed E-state index contributed by atoms with van der Waals surface area (Å²) in [6.07, 6.45) is 5.91. The predicted octanol–water partition coefficient (Wildman–Crippen LogP) is 1.00. The molecule has 0 rings (SSSR count). The average Bonchev–Trinajstić information content (AvgIpc) is 2.24. The normalized spacial score (nSPS) is 13.6. The van der Waals surface area contributed by atoms with Gasteiger partial charge in [0.25, 0.3) is 0 Å². The van der Waals surface area contributed by atoms with E-state index in [9.17, 15) is 28.7 Å². The lowest BCUT2D eigenvalue weighted by Crippen LogP contribution is -2.33. The third-order valence-corrected chi connectivity index (χ3v) is 6.65. The Labute approximate surface area is 126 Å². The molecule has 124 valence electrons. The van der Waals surface area contributed by atoms with Crippen LogP contribution >= 0.6 is 15.2 Å². The second-order valence-corrected chi connectivity index (χ2v) is 9.18. The summed E-state index contributed by atoms with van der Waals surface area (Å²) < 4.78 is 21.6. The summed E-state index contributed by atoms with van der Waals surface area (Å²) in [5, 5.41) is -2.33. The lowest BCUT2D eigenvalue weighted by Gasteiger charge is -2.49. The molecule has 0 aromatic rings. The fraction of sp³-hybridized carbons (Fsp3) is 0.692. The molecule has 0 aliphatic rings. The highest BCUT2D eigenvalue weighted by Crippen LogP contribution is 2.52. The lowest BCUT2D eigenvalue weighted by atomic mass is 10.1. The summed E-state index contributed by atoms with van der Waals surface area (Å²) in [5.74, 6) is 0. The SMILES string of the molecule is CC(C)=CCC/C(C)=C/CCCC(P(=O)([O-])[O-])P(=O)([O-])[O-]. The Morgan fingerprint density at radius 1 is 0.952 bits per heavy atom. The number of hydrogen-bond acceptors (Lipinski definition) is 6. The first-order chi connectivity index (χ1) is 9.44. The van der Waals surface area contributed by atoms with Crippen LogP contribution in [0.2, 0.25) is 0 Å². The van der Waals surface area contributed by atoms with Crippen LogP contribution in [-0.4, -0.2) is 5.40 Å². The quantitative estimate of drug-likeness (QED) is 0.351. The first-order valence-electron chi connectivity index (χ1n) is 6.77. The topological polar surface area (TPSA) is 126 Å². The van der Waals surface area contributed by atoms with Gasteiger partial charge in [0, 0.05) is 5.40 Å². The van der Waals surface area contributed by atoms with Crippen molar-refractivity contribution in [1.82, 2.24) is 0 Å². The molecule has 0 saturated carbocycles. The van der Waals surface area contributed by atoms with Crippen molar-refractivity contribution in [2.75, 3.05) is 0 Å². The van der Waals surface area contributed by atoms with Gasteiger partial charge in [-0.15, -0.1) is 0 Å². The minimum atomic E-state index is -5.41. The molecule has 0 radical (unpaired) electrons. The van der Waals surface area contributed by atoms with Gasteiger partial charge in [0.15, 0.2) is 0 Å². The van der Waals surface area contributed by atoms with Gasteiger partial charge < -0.3 is 28.7 Å². The number of allylic oxidation sites excluding steroid dienone is 4. The molecule has 0 unspecified atom stereocenters. The Morgan fingerprint density at radius 3 is 1.90 bits per heavy atom. The zero-order chi connectivity index (χ0) is 16.7. The highest BCUT2D eigenvalue weighted by Gasteiger charge is 2.16. The first-order valence-corrected chi connectivity index (χ1v) is 9.99. The molecule has 0 amide bonds. The molecule has 0 saturated heterocycles. The van der Waals surface area contributed by atoms with Crippen LogP contribution in [0.1, 0.15) is 52.9 Å². The number of unbranched alkanes of at least 4 members (excludes halogenated alkanes) is 1. The van der Waals surface area contributed by atoms with E-state index in [1.807, 2.05) is 26.8 Å². The zero-order valence-electron chi connectivity index (χ0n) is 12.6. The molecule has 0 spiro atoms. The Hall–Kier alpha value is -0.220. The van der Waals surface area contributed by atoms with Crippen LogP contribution in [0.15, 0.2) is 23.3 Å². The summed E-state index contributed by atoms with van der Waals surface area (Å²) in [6, 6.07) is 0. The van der Waals surface area contributed by atoms with Gasteiger partial charge in [-0.3, -0.25) is 0 Å². The maximum absolute atomic E-state index is 10.8. The molecule has 21 heavy (non-hydrogen) atoms. The van der Waals surface area contributed by atoms with Crippen LogP contribution in [0, 0.1) is 0 Å². The van der Waals surface area contributed by atoms with Crippen molar-refractivity contribution in [3.05, 3.63) is 23.3 Å². The van der Waals surface area contributed by atoms with Crippen LogP contribution in [-0.2, 0) is 9.13 Å². The summed E-state index contributed by atoms with van der Waals surface area (Å²) in [4.78, 5) is 43.2. The number of hydrogen-bond donors (Lipinski definition) is 0. The molecule has 0 atom stereocenters. The van der Waals surface area contributed by atoms with Crippen molar-refractivity contribution >= 4 is 15.2 Å². The number of rotatable bonds is 9. The fourth-order valence-electron chi connectivity index (χ4n) is 1.83. The molecular weight excluding hydrogens is 314 g/mol. The smallest absolute Gasteiger partial charge is 0.0144 e. The molecule has 0 heterocycles. The largest absolute Gasteiger partial charge is 0.810 e. The summed E-state index contributed by atoms with van der Waals surface area (Å²) in [5.41, 5.74) is 2.33. The molecule has 0 aromatic heterocycles. The van der Waals surface area contributed by atoms with Crippen molar-refractivity contribution in [2.45, 2.75) is 58.3 Å².